The normalized spacial score (nSPS) is 12.7. The summed E-state index contributed by atoms with van der Waals surface area (Å²) >= 11 is 0. The molecule has 0 aliphatic heterocycles. The van der Waals surface area contributed by atoms with Gasteiger partial charge in [-0.2, -0.15) is 0 Å². The first-order valence-electron chi connectivity index (χ1n) is 10.1. The Balaban J connectivity index is 2.39. The molecule has 168 valence electrons. The number of rotatable bonds is 10. The van der Waals surface area contributed by atoms with Crippen LogP contribution in [0, 0.1) is 19.7 Å². The van der Waals surface area contributed by atoms with Crippen molar-refractivity contribution in [2.75, 3.05) is 10.6 Å². The van der Waals surface area contributed by atoms with Crippen LogP contribution in [0.3, 0.4) is 0 Å². The minimum atomic E-state index is -1.17. The first kappa shape index (κ1) is 23.8. The van der Waals surface area contributed by atoms with Gasteiger partial charge in [-0.15, -0.1) is 0 Å². The van der Waals surface area contributed by atoms with Crippen molar-refractivity contribution >= 4 is 29.3 Å². The molecule has 2 atom stereocenters. The van der Waals surface area contributed by atoms with Gasteiger partial charge in [0.1, 0.15) is 5.82 Å². The number of carboxylic acid groups (broad SMARTS) is 1. The summed E-state index contributed by atoms with van der Waals surface area (Å²) in [7, 11) is 0. The second-order valence-corrected chi connectivity index (χ2v) is 7.46. The van der Waals surface area contributed by atoms with Gasteiger partial charge >= 0.3 is 6.09 Å². The summed E-state index contributed by atoms with van der Waals surface area (Å²) in [6, 6.07) is 1.93. The second kappa shape index (κ2) is 10.6. The molecule has 2 aromatic heterocycles. The van der Waals surface area contributed by atoms with Crippen molar-refractivity contribution in [1.82, 2.24) is 15.3 Å². The molecule has 6 N–H and O–H groups in total. The Morgan fingerprint density at radius 2 is 1.97 bits per heavy atom. The molecule has 0 saturated carbocycles. The van der Waals surface area contributed by atoms with Gasteiger partial charge in [-0.25, -0.2) is 14.2 Å². The molecule has 0 unspecified atom stereocenters. The van der Waals surface area contributed by atoms with Crippen molar-refractivity contribution in [2.45, 2.75) is 59.0 Å². The Hall–Kier alpha value is -3.43. The Labute approximate surface area is 180 Å². The van der Waals surface area contributed by atoms with Crippen molar-refractivity contribution in [2.24, 2.45) is 5.73 Å². The number of pyridine rings is 2. The van der Waals surface area contributed by atoms with Gasteiger partial charge in [-0.3, -0.25) is 9.78 Å². The Kier molecular flexibility index (Phi) is 8.12. The Bertz CT molecular complexity index is 953. The minimum absolute atomic E-state index is 0.0783. The van der Waals surface area contributed by atoms with Gasteiger partial charge in [0.05, 0.1) is 17.4 Å². The fraction of sp³-hybridized carbons (Fsp3) is 0.429. The third-order valence-electron chi connectivity index (χ3n) is 4.99. The molecule has 2 rings (SSSR count). The van der Waals surface area contributed by atoms with E-state index in [1.807, 2.05) is 26.8 Å². The van der Waals surface area contributed by atoms with E-state index < -0.39 is 29.9 Å². The fourth-order valence-electron chi connectivity index (χ4n) is 3.06. The van der Waals surface area contributed by atoms with Crippen molar-refractivity contribution in [1.29, 1.82) is 0 Å². The number of anilines is 3. The van der Waals surface area contributed by atoms with Crippen LogP contribution in [0.4, 0.5) is 26.5 Å². The SMILES string of the molecule is CCCC[C@@H](Nc1nc(Nc2cnc(C)c(C)c2)c(C(N)=O)cc1F)[C@H](C)NC(=O)O. The van der Waals surface area contributed by atoms with Gasteiger partial charge in [0.15, 0.2) is 11.6 Å². The van der Waals surface area contributed by atoms with Crippen molar-refractivity contribution in [3.63, 3.8) is 0 Å². The first-order valence-corrected chi connectivity index (χ1v) is 10.1. The van der Waals surface area contributed by atoms with E-state index in [9.17, 15) is 14.0 Å². The van der Waals surface area contributed by atoms with Crippen LogP contribution < -0.4 is 21.7 Å². The molecule has 9 nitrogen and oxygen atoms in total. The molecular formula is C21H29FN6O3. The summed E-state index contributed by atoms with van der Waals surface area (Å²) < 4.78 is 14.7. The molecule has 0 fully saturated rings. The maximum atomic E-state index is 14.7. The van der Waals surface area contributed by atoms with Gasteiger partial charge in [-0.05, 0) is 44.9 Å². The lowest BCUT2D eigenvalue weighted by Crippen LogP contribution is -2.44. The highest BCUT2D eigenvalue weighted by atomic mass is 19.1. The maximum Gasteiger partial charge on any atom is 0.404 e. The highest BCUT2D eigenvalue weighted by Crippen LogP contribution is 2.25. The largest absolute Gasteiger partial charge is 0.465 e. The van der Waals surface area contributed by atoms with Crippen LogP contribution in [-0.2, 0) is 0 Å². The van der Waals surface area contributed by atoms with Crippen LogP contribution in [0.2, 0.25) is 0 Å². The minimum Gasteiger partial charge on any atom is -0.465 e. The summed E-state index contributed by atoms with van der Waals surface area (Å²) in [6.07, 6.45) is 2.71. The molecule has 0 spiro atoms. The summed E-state index contributed by atoms with van der Waals surface area (Å²) in [5.41, 5.74) is 7.66. The molecule has 0 radical (unpaired) electrons. The third kappa shape index (κ3) is 6.53. The standard InChI is InChI=1S/C21H29FN6O3/c1-5-6-7-17(13(4)25-21(30)31)27-20-16(22)9-15(18(23)29)19(28-20)26-14-8-11(2)12(3)24-10-14/h8-10,13,17,25H,5-7H2,1-4H3,(H2,23,29)(H,30,31)(H2,26,27,28)/t13-,17+/m0/s1. The van der Waals surface area contributed by atoms with Gasteiger partial charge in [0.2, 0.25) is 0 Å². The number of aryl methyl sites for hydroxylation is 2. The number of unbranched alkanes of at least 4 members (excludes halogenated alkanes) is 1. The number of primary amides is 1. The molecule has 0 aliphatic carbocycles. The number of halogens is 1. The van der Waals surface area contributed by atoms with Crippen LogP contribution in [0.15, 0.2) is 18.3 Å². The monoisotopic (exact) mass is 432 g/mol. The second-order valence-electron chi connectivity index (χ2n) is 7.46. The van der Waals surface area contributed by atoms with Crippen molar-refractivity contribution in [3.05, 3.63) is 41.0 Å². The number of nitrogens with zero attached hydrogens (tertiary/aromatic N) is 2. The molecule has 10 heteroatoms. The van der Waals surface area contributed by atoms with Crippen LogP contribution in [-0.4, -0.2) is 39.2 Å². The van der Waals surface area contributed by atoms with E-state index in [-0.39, 0.29) is 17.2 Å². The number of hydrogen-bond acceptors (Lipinski definition) is 6. The lowest BCUT2D eigenvalue weighted by molar-refractivity contribution is 0.100. The zero-order valence-electron chi connectivity index (χ0n) is 18.1. The number of amides is 2. The summed E-state index contributed by atoms with van der Waals surface area (Å²) in [6.45, 7) is 7.46. The van der Waals surface area contributed by atoms with Crippen LogP contribution in [0.5, 0.6) is 0 Å². The van der Waals surface area contributed by atoms with Gasteiger partial charge < -0.3 is 26.8 Å². The average molecular weight is 433 g/mol. The highest BCUT2D eigenvalue weighted by Gasteiger charge is 2.23. The maximum absolute atomic E-state index is 14.7. The molecule has 0 aliphatic rings. The van der Waals surface area contributed by atoms with Gasteiger partial charge in [0, 0.05) is 17.8 Å². The third-order valence-corrected chi connectivity index (χ3v) is 4.99. The fourth-order valence-corrected chi connectivity index (χ4v) is 3.06. The quantitative estimate of drug-likeness (QED) is 0.385. The summed E-state index contributed by atoms with van der Waals surface area (Å²) in [5.74, 6) is -1.62. The van der Waals surface area contributed by atoms with Gasteiger partial charge in [0.25, 0.3) is 5.91 Å². The van der Waals surface area contributed by atoms with Crippen molar-refractivity contribution < 1.29 is 19.1 Å². The number of nitrogens with two attached hydrogens (primary N) is 1. The number of carbonyl (C=O) groups is 2. The van der Waals surface area contributed by atoms with E-state index in [1.165, 1.54) is 0 Å². The lowest BCUT2D eigenvalue weighted by Gasteiger charge is -2.26. The number of aromatic nitrogens is 2. The zero-order chi connectivity index (χ0) is 23.1. The molecule has 31 heavy (non-hydrogen) atoms. The Morgan fingerprint density at radius 1 is 1.26 bits per heavy atom. The molecule has 0 saturated heterocycles. The molecule has 0 bridgehead atoms. The average Bonchev–Trinajstić information content (AvgIpc) is 2.69. The number of hydrogen-bond donors (Lipinski definition) is 5. The van der Waals surface area contributed by atoms with Crippen LogP contribution in [0.1, 0.15) is 54.7 Å². The molecule has 2 amide bonds. The van der Waals surface area contributed by atoms with E-state index in [0.29, 0.717) is 12.1 Å². The summed E-state index contributed by atoms with van der Waals surface area (Å²) in [5, 5.41) is 17.4. The van der Waals surface area contributed by atoms with Crippen molar-refractivity contribution in [3.8, 4) is 0 Å². The predicted molar refractivity (Wildman–Crippen MR) is 117 cm³/mol. The number of nitrogens with one attached hydrogen (secondary N) is 3. The van der Waals surface area contributed by atoms with E-state index >= 15 is 0 Å². The number of carbonyl (C=O) groups excluding carboxylic acids is 1. The molecular weight excluding hydrogens is 403 g/mol. The smallest absolute Gasteiger partial charge is 0.404 e. The Morgan fingerprint density at radius 3 is 2.55 bits per heavy atom. The van der Waals surface area contributed by atoms with Crippen LogP contribution in [0.25, 0.3) is 0 Å². The zero-order valence-corrected chi connectivity index (χ0v) is 18.1. The predicted octanol–water partition coefficient (Wildman–Crippen LogP) is 3.70. The summed E-state index contributed by atoms with van der Waals surface area (Å²) in [4.78, 5) is 31.4. The van der Waals surface area contributed by atoms with E-state index in [1.54, 1.807) is 13.1 Å². The first-order chi connectivity index (χ1) is 14.6. The molecule has 2 heterocycles. The highest BCUT2D eigenvalue weighted by molar-refractivity contribution is 5.98. The topological polar surface area (TPSA) is 142 Å². The van der Waals surface area contributed by atoms with E-state index in [2.05, 4.69) is 25.9 Å². The van der Waals surface area contributed by atoms with Gasteiger partial charge in [-0.1, -0.05) is 19.8 Å². The van der Waals surface area contributed by atoms with E-state index in [4.69, 9.17) is 10.8 Å². The lowest BCUT2D eigenvalue weighted by atomic mass is 10.0. The molecule has 2 aromatic rings. The van der Waals surface area contributed by atoms with Crippen LogP contribution >= 0.6 is 0 Å². The molecule has 0 aromatic carbocycles. The van der Waals surface area contributed by atoms with E-state index in [0.717, 1.165) is 30.2 Å².